The van der Waals surface area contributed by atoms with E-state index in [0.717, 1.165) is 23.9 Å². The van der Waals surface area contributed by atoms with Crippen LogP contribution < -0.4 is 5.32 Å². The van der Waals surface area contributed by atoms with Crippen molar-refractivity contribution in [2.45, 2.75) is 52.1 Å². The summed E-state index contributed by atoms with van der Waals surface area (Å²) >= 11 is 0. The molecule has 2 heteroatoms. The molecule has 0 radical (unpaired) electrons. The van der Waals surface area contributed by atoms with E-state index in [-0.39, 0.29) is 0 Å². The molecule has 2 aliphatic rings. The summed E-state index contributed by atoms with van der Waals surface area (Å²) in [6.45, 7) is 10.9. The molecule has 0 spiro atoms. The second-order valence-corrected chi connectivity index (χ2v) is 5.75. The molecule has 15 heavy (non-hydrogen) atoms. The van der Waals surface area contributed by atoms with Crippen LogP contribution in [0, 0.1) is 11.8 Å². The lowest BCUT2D eigenvalue weighted by atomic mass is 9.78. The minimum absolute atomic E-state index is 0.736. The van der Waals surface area contributed by atoms with Crippen molar-refractivity contribution in [3.8, 4) is 0 Å². The highest BCUT2D eigenvalue weighted by Gasteiger charge is 2.33. The van der Waals surface area contributed by atoms with Crippen molar-refractivity contribution in [1.29, 1.82) is 0 Å². The van der Waals surface area contributed by atoms with Gasteiger partial charge in [-0.05, 0) is 38.0 Å². The van der Waals surface area contributed by atoms with E-state index in [2.05, 4.69) is 31.0 Å². The van der Waals surface area contributed by atoms with E-state index in [1.807, 2.05) is 0 Å². The predicted molar refractivity (Wildman–Crippen MR) is 65.0 cm³/mol. The SMILES string of the molecule is CC1CCC(N2CCNCC2C)C(C)C1. The fourth-order valence-electron chi connectivity index (χ4n) is 3.49. The third kappa shape index (κ3) is 2.54. The highest BCUT2D eigenvalue weighted by molar-refractivity contribution is 4.88. The Kier molecular flexibility index (Phi) is 3.68. The number of hydrogen-bond donors (Lipinski definition) is 1. The molecule has 0 aromatic rings. The molecule has 0 aromatic carbocycles. The lowest BCUT2D eigenvalue weighted by molar-refractivity contribution is 0.0477. The van der Waals surface area contributed by atoms with Gasteiger partial charge in [0.2, 0.25) is 0 Å². The Hall–Kier alpha value is -0.0800. The molecule has 1 aliphatic carbocycles. The lowest BCUT2D eigenvalue weighted by Gasteiger charge is -2.45. The monoisotopic (exact) mass is 210 g/mol. The molecule has 2 nitrogen and oxygen atoms in total. The van der Waals surface area contributed by atoms with Crippen molar-refractivity contribution >= 4 is 0 Å². The number of hydrogen-bond acceptors (Lipinski definition) is 2. The smallest absolute Gasteiger partial charge is 0.0195 e. The highest BCUT2D eigenvalue weighted by Crippen LogP contribution is 2.32. The molecule has 1 N–H and O–H groups in total. The Balaban J connectivity index is 1.96. The number of rotatable bonds is 1. The topological polar surface area (TPSA) is 15.3 Å². The fraction of sp³-hybridized carbons (Fsp3) is 1.00. The first-order chi connectivity index (χ1) is 7.18. The maximum absolute atomic E-state index is 3.49. The molecular formula is C13H26N2. The molecule has 1 saturated carbocycles. The minimum Gasteiger partial charge on any atom is -0.314 e. The minimum atomic E-state index is 0.736. The van der Waals surface area contributed by atoms with Gasteiger partial charge in [-0.25, -0.2) is 0 Å². The average molecular weight is 210 g/mol. The van der Waals surface area contributed by atoms with Gasteiger partial charge in [-0.2, -0.15) is 0 Å². The van der Waals surface area contributed by atoms with Gasteiger partial charge in [0.1, 0.15) is 0 Å². The van der Waals surface area contributed by atoms with E-state index in [1.165, 1.54) is 38.9 Å². The van der Waals surface area contributed by atoms with E-state index >= 15 is 0 Å². The van der Waals surface area contributed by atoms with Gasteiger partial charge >= 0.3 is 0 Å². The zero-order valence-electron chi connectivity index (χ0n) is 10.5. The first-order valence-corrected chi connectivity index (χ1v) is 6.65. The van der Waals surface area contributed by atoms with Crippen LogP contribution in [0.5, 0.6) is 0 Å². The summed E-state index contributed by atoms with van der Waals surface area (Å²) in [4.78, 5) is 2.76. The molecule has 1 saturated heterocycles. The largest absolute Gasteiger partial charge is 0.314 e. The Morgan fingerprint density at radius 2 is 1.93 bits per heavy atom. The zero-order chi connectivity index (χ0) is 10.8. The van der Waals surface area contributed by atoms with Gasteiger partial charge in [-0.15, -0.1) is 0 Å². The summed E-state index contributed by atoms with van der Waals surface area (Å²) < 4.78 is 0. The van der Waals surface area contributed by atoms with Gasteiger partial charge in [0.15, 0.2) is 0 Å². The van der Waals surface area contributed by atoms with E-state index in [9.17, 15) is 0 Å². The number of nitrogens with one attached hydrogen (secondary N) is 1. The molecule has 1 heterocycles. The van der Waals surface area contributed by atoms with Crippen molar-refractivity contribution in [3.05, 3.63) is 0 Å². The summed E-state index contributed by atoms with van der Waals surface area (Å²) in [5.41, 5.74) is 0. The van der Waals surface area contributed by atoms with Gasteiger partial charge < -0.3 is 5.32 Å². The summed E-state index contributed by atoms with van der Waals surface area (Å²) in [6.07, 6.45) is 4.29. The Bertz CT molecular complexity index is 205. The lowest BCUT2D eigenvalue weighted by Crippen LogP contribution is -2.56. The van der Waals surface area contributed by atoms with Crippen molar-refractivity contribution in [2.75, 3.05) is 19.6 Å². The third-order valence-corrected chi connectivity index (χ3v) is 4.36. The Morgan fingerprint density at radius 1 is 1.13 bits per heavy atom. The molecule has 4 unspecified atom stereocenters. The summed E-state index contributed by atoms with van der Waals surface area (Å²) in [7, 11) is 0. The van der Waals surface area contributed by atoms with Crippen LogP contribution >= 0.6 is 0 Å². The summed E-state index contributed by atoms with van der Waals surface area (Å²) in [5.74, 6) is 1.85. The zero-order valence-corrected chi connectivity index (χ0v) is 10.5. The molecule has 0 aromatic heterocycles. The van der Waals surface area contributed by atoms with E-state index in [1.54, 1.807) is 0 Å². The fourth-order valence-corrected chi connectivity index (χ4v) is 3.49. The van der Waals surface area contributed by atoms with Crippen LogP contribution in [-0.4, -0.2) is 36.6 Å². The highest BCUT2D eigenvalue weighted by atomic mass is 15.2. The molecule has 88 valence electrons. The van der Waals surface area contributed by atoms with Crippen molar-refractivity contribution in [3.63, 3.8) is 0 Å². The second kappa shape index (κ2) is 4.84. The van der Waals surface area contributed by atoms with Gasteiger partial charge in [0.25, 0.3) is 0 Å². The van der Waals surface area contributed by atoms with E-state index in [4.69, 9.17) is 0 Å². The Labute approximate surface area is 94.4 Å². The quantitative estimate of drug-likeness (QED) is 0.713. The molecule has 2 rings (SSSR count). The standard InChI is InChI=1S/C13H26N2/c1-10-4-5-13(11(2)8-10)15-7-6-14-9-12(15)3/h10-14H,4-9H2,1-3H3. The number of piperazine rings is 1. The van der Waals surface area contributed by atoms with Crippen LogP contribution in [0.25, 0.3) is 0 Å². The first-order valence-electron chi connectivity index (χ1n) is 6.65. The van der Waals surface area contributed by atoms with E-state index in [0.29, 0.717) is 0 Å². The maximum Gasteiger partial charge on any atom is 0.0195 e. The van der Waals surface area contributed by atoms with E-state index < -0.39 is 0 Å². The van der Waals surface area contributed by atoms with Crippen LogP contribution in [0.3, 0.4) is 0 Å². The van der Waals surface area contributed by atoms with Crippen LogP contribution in [0.15, 0.2) is 0 Å². The average Bonchev–Trinajstić information content (AvgIpc) is 2.20. The Morgan fingerprint density at radius 3 is 2.60 bits per heavy atom. The van der Waals surface area contributed by atoms with Crippen LogP contribution in [0.4, 0.5) is 0 Å². The molecule has 0 amide bonds. The van der Waals surface area contributed by atoms with Gasteiger partial charge in [0, 0.05) is 31.7 Å². The van der Waals surface area contributed by atoms with Gasteiger partial charge in [-0.3, -0.25) is 4.90 Å². The van der Waals surface area contributed by atoms with Crippen LogP contribution in [-0.2, 0) is 0 Å². The van der Waals surface area contributed by atoms with Crippen LogP contribution in [0.1, 0.15) is 40.0 Å². The van der Waals surface area contributed by atoms with Crippen molar-refractivity contribution < 1.29 is 0 Å². The molecule has 1 aliphatic heterocycles. The van der Waals surface area contributed by atoms with Gasteiger partial charge in [0.05, 0.1) is 0 Å². The molecule has 0 bridgehead atoms. The van der Waals surface area contributed by atoms with Crippen molar-refractivity contribution in [1.82, 2.24) is 10.2 Å². The van der Waals surface area contributed by atoms with Gasteiger partial charge in [-0.1, -0.05) is 13.8 Å². The third-order valence-electron chi connectivity index (χ3n) is 4.36. The normalized spacial score (nSPS) is 44.2. The molecule has 4 atom stereocenters. The maximum atomic E-state index is 3.49. The van der Waals surface area contributed by atoms with Crippen molar-refractivity contribution in [2.24, 2.45) is 11.8 Å². The van der Waals surface area contributed by atoms with Crippen LogP contribution in [0.2, 0.25) is 0 Å². The second-order valence-electron chi connectivity index (χ2n) is 5.75. The number of nitrogens with zero attached hydrogens (tertiary/aromatic N) is 1. The predicted octanol–water partition coefficient (Wildman–Crippen LogP) is 2.10. The summed E-state index contributed by atoms with van der Waals surface area (Å²) in [5, 5.41) is 3.49. The first kappa shape index (κ1) is 11.4. The molecular weight excluding hydrogens is 184 g/mol. The summed E-state index contributed by atoms with van der Waals surface area (Å²) in [6, 6.07) is 1.60. The molecule has 2 fully saturated rings.